The maximum absolute atomic E-state index is 9.54. The van der Waals surface area contributed by atoms with Crippen LogP contribution in [0.1, 0.15) is 17.0 Å². The highest BCUT2D eigenvalue weighted by Crippen LogP contribution is 2.35. The molecule has 0 aliphatic carbocycles. The SMILES string of the molecule is CN(C)c1cccc(CC(C#N)c2ccc3c(c2)OCO3)c1. The third-order valence-corrected chi connectivity index (χ3v) is 3.82. The average molecular weight is 294 g/mol. The largest absolute Gasteiger partial charge is 0.454 e. The van der Waals surface area contributed by atoms with Gasteiger partial charge in [-0.1, -0.05) is 18.2 Å². The Hall–Kier alpha value is -2.67. The molecule has 4 heteroatoms. The summed E-state index contributed by atoms with van der Waals surface area (Å²) in [4.78, 5) is 2.06. The average Bonchev–Trinajstić information content (AvgIpc) is 3.00. The number of benzene rings is 2. The van der Waals surface area contributed by atoms with Gasteiger partial charge in [-0.15, -0.1) is 0 Å². The van der Waals surface area contributed by atoms with E-state index in [2.05, 4.69) is 29.2 Å². The predicted octanol–water partition coefficient (Wildman–Crippen LogP) is 3.33. The standard InChI is InChI=1S/C18H18N2O2/c1-20(2)16-5-3-4-13(9-16)8-15(11-19)14-6-7-17-18(10-14)22-12-21-17/h3-7,9-10,15H,8,12H2,1-2H3. The lowest BCUT2D eigenvalue weighted by molar-refractivity contribution is 0.174. The quantitative estimate of drug-likeness (QED) is 0.867. The second-order valence-corrected chi connectivity index (χ2v) is 5.56. The van der Waals surface area contributed by atoms with E-state index in [4.69, 9.17) is 9.47 Å². The molecule has 0 N–H and O–H groups in total. The maximum atomic E-state index is 9.54. The van der Waals surface area contributed by atoms with Crippen molar-refractivity contribution >= 4 is 5.69 Å². The van der Waals surface area contributed by atoms with Gasteiger partial charge < -0.3 is 14.4 Å². The zero-order valence-corrected chi connectivity index (χ0v) is 12.7. The highest BCUT2D eigenvalue weighted by molar-refractivity contribution is 5.49. The summed E-state index contributed by atoms with van der Waals surface area (Å²) in [5.74, 6) is 1.27. The summed E-state index contributed by atoms with van der Waals surface area (Å²) in [6.45, 7) is 0.251. The maximum Gasteiger partial charge on any atom is 0.231 e. The second-order valence-electron chi connectivity index (χ2n) is 5.56. The number of anilines is 1. The van der Waals surface area contributed by atoms with Crippen LogP contribution in [0.25, 0.3) is 0 Å². The Morgan fingerprint density at radius 3 is 2.73 bits per heavy atom. The molecule has 4 nitrogen and oxygen atoms in total. The predicted molar refractivity (Wildman–Crippen MR) is 85.4 cm³/mol. The number of nitrogens with zero attached hydrogens (tertiary/aromatic N) is 2. The van der Waals surface area contributed by atoms with E-state index in [-0.39, 0.29) is 12.7 Å². The molecule has 1 heterocycles. The first-order valence-electron chi connectivity index (χ1n) is 7.23. The van der Waals surface area contributed by atoms with Gasteiger partial charge in [0.1, 0.15) is 0 Å². The molecule has 0 fully saturated rings. The molecule has 1 unspecified atom stereocenters. The first-order valence-corrected chi connectivity index (χ1v) is 7.23. The van der Waals surface area contributed by atoms with Crippen LogP contribution in [0, 0.1) is 11.3 Å². The van der Waals surface area contributed by atoms with Crippen LogP contribution in [0.5, 0.6) is 11.5 Å². The summed E-state index contributed by atoms with van der Waals surface area (Å²) in [5.41, 5.74) is 3.25. The van der Waals surface area contributed by atoms with Gasteiger partial charge in [-0.05, 0) is 41.8 Å². The number of ether oxygens (including phenoxy) is 2. The molecular weight excluding hydrogens is 276 g/mol. The molecule has 0 aromatic heterocycles. The van der Waals surface area contributed by atoms with E-state index in [1.165, 1.54) is 0 Å². The number of fused-ring (bicyclic) bond motifs is 1. The lowest BCUT2D eigenvalue weighted by Crippen LogP contribution is -2.09. The molecule has 2 aromatic rings. The number of hydrogen-bond donors (Lipinski definition) is 0. The third kappa shape index (κ3) is 2.84. The molecule has 0 bridgehead atoms. The Morgan fingerprint density at radius 2 is 1.95 bits per heavy atom. The molecule has 112 valence electrons. The fourth-order valence-corrected chi connectivity index (χ4v) is 2.57. The van der Waals surface area contributed by atoms with Gasteiger partial charge in [0.05, 0.1) is 12.0 Å². The van der Waals surface area contributed by atoms with Gasteiger partial charge in [-0.2, -0.15) is 5.26 Å². The molecule has 0 saturated heterocycles. The molecule has 1 atom stereocenters. The molecule has 3 rings (SSSR count). The minimum absolute atomic E-state index is 0.202. The first-order chi connectivity index (χ1) is 10.7. The Bertz CT molecular complexity index is 719. The minimum atomic E-state index is -0.202. The van der Waals surface area contributed by atoms with Crippen LogP contribution < -0.4 is 14.4 Å². The van der Waals surface area contributed by atoms with Crippen LogP contribution >= 0.6 is 0 Å². The lowest BCUT2D eigenvalue weighted by Gasteiger charge is -2.15. The zero-order valence-electron chi connectivity index (χ0n) is 12.7. The molecule has 1 aliphatic heterocycles. The first kappa shape index (κ1) is 14.3. The van der Waals surface area contributed by atoms with Crippen LogP contribution in [0.2, 0.25) is 0 Å². The molecule has 0 saturated carbocycles. The number of rotatable bonds is 4. The van der Waals surface area contributed by atoms with Crippen molar-refractivity contribution in [1.29, 1.82) is 5.26 Å². The van der Waals surface area contributed by atoms with E-state index in [9.17, 15) is 5.26 Å². The van der Waals surface area contributed by atoms with E-state index in [0.29, 0.717) is 6.42 Å². The van der Waals surface area contributed by atoms with Gasteiger partial charge in [0.15, 0.2) is 11.5 Å². The van der Waals surface area contributed by atoms with E-state index in [1.54, 1.807) is 0 Å². The van der Waals surface area contributed by atoms with Gasteiger partial charge in [-0.25, -0.2) is 0 Å². The van der Waals surface area contributed by atoms with Crippen molar-refractivity contribution in [2.24, 2.45) is 0 Å². The monoisotopic (exact) mass is 294 g/mol. The van der Waals surface area contributed by atoms with Crippen molar-refractivity contribution in [2.45, 2.75) is 12.3 Å². The van der Waals surface area contributed by atoms with Gasteiger partial charge in [0.25, 0.3) is 0 Å². The Labute approximate surface area is 130 Å². The molecule has 0 spiro atoms. The van der Waals surface area contributed by atoms with Crippen LogP contribution in [0.15, 0.2) is 42.5 Å². The Kier molecular flexibility index (Phi) is 3.88. The topological polar surface area (TPSA) is 45.5 Å². The molecule has 0 radical (unpaired) electrons. The summed E-state index contributed by atoms with van der Waals surface area (Å²) in [5, 5.41) is 9.54. The van der Waals surface area contributed by atoms with E-state index < -0.39 is 0 Å². The van der Waals surface area contributed by atoms with Crippen molar-refractivity contribution < 1.29 is 9.47 Å². The Balaban J connectivity index is 1.83. The number of nitriles is 1. The highest BCUT2D eigenvalue weighted by atomic mass is 16.7. The molecule has 22 heavy (non-hydrogen) atoms. The van der Waals surface area contributed by atoms with Crippen molar-refractivity contribution in [1.82, 2.24) is 0 Å². The molecule has 2 aromatic carbocycles. The van der Waals surface area contributed by atoms with Gasteiger partial charge >= 0.3 is 0 Å². The number of hydrogen-bond acceptors (Lipinski definition) is 4. The van der Waals surface area contributed by atoms with Crippen molar-refractivity contribution in [2.75, 3.05) is 25.8 Å². The molecule has 0 amide bonds. The Morgan fingerprint density at radius 1 is 1.14 bits per heavy atom. The van der Waals surface area contributed by atoms with Gasteiger partial charge in [0.2, 0.25) is 6.79 Å². The lowest BCUT2D eigenvalue weighted by atomic mass is 9.93. The van der Waals surface area contributed by atoms with Crippen LogP contribution in [0.4, 0.5) is 5.69 Å². The minimum Gasteiger partial charge on any atom is -0.454 e. The molecule has 1 aliphatic rings. The normalized spacial score (nSPS) is 13.5. The van der Waals surface area contributed by atoms with Gasteiger partial charge in [0, 0.05) is 19.8 Å². The summed E-state index contributed by atoms with van der Waals surface area (Å²) in [6, 6.07) is 16.4. The fraction of sp³-hybridized carbons (Fsp3) is 0.278. The third-order valence-electron chi connectivity index (χ3n) is 3.82. The van der Waals surface area contributed by atoms with Crippen LogP contribution in [-0.4, -0.2) is 20.9 Å². The fourth-order valence-electron chi connectivity index (χ4n) is 2.57. The summed E-state index contributed by atoms with van der Waals surface area (Å²) in [6.07, 6.45) is 0.678. The van der Waals surface area contributed by atoms with E-state index in [1.807, 2.05) is 38.4 Å². The van der Waals surface area contributed by atoms with Crippen molar-refractivity contribution in [3.05, 3.63) is 53.6 Å². The van der Waals surface area contributed by atoms with Crippen molar-refractivity contribution in [3.8, 4) is 17.6 Å². The zero-order chi connectivity index (χ0) is 15.5. The molecular formula is C18H18N2O2. The summed E-state index contributed by atoms with van der Waals surface area (Å²) in [7, 11) is 4.03. The van der Waals surface area contributed by atoms with Crippen molar-refractivity contribution in [3.63, 3.8) is 0 Å². The highest BCUT2D eigenvalue weighted by Gasteiger charge is 2.18. The van der Waals surface area contributed by atoms with E-state index >= 15 is 0 Å². The van der Waals surface area contributed by atoms with Crippen LogP contribution in [0.3, 0.4) is 0 Å². The summed E-state index contributed by atoms with van der Waals surface area (Å²) < 4.78 is 10.7. The van der Waals surface area contributed by atoms with Gasteiger partial charge in [-0.3, -0.25) is 0 Å². The smallest absolute Gasteiger partial charge is 0.231 e. The van der Waals surface area contributed by atoms with E-state index in [0.717, 1.165) is 28.3 Å². The van der Waals surface area contributed by atoms with Crippen LogP contribution in [-0.2, 0) is 6.42 Å². The summed E-state index contributed by atoms with van der Waals surface area (Å²) >= 11 is 0. The second kappa shape index (κ2) is 5.98.